The van der Waals surface area contributed by atoms with E-state index >= 15 is 0 Å². The van der Waals surface area contributed by atoms with E-state index in [9.17, 15) is 18.0 Å². The summed E-state index contributed by atoms with van der Waals surface area (Å²) < 4.78 is 36.3. The number of rotatable bonds is 5. The molecule has 0 aromatic heterocycles. The van der Waals surface area contributed by atoms with Gasteiger partial charge < -0.3 is 4.90 Å². The lowest BCUT2D eigenvalue weighted by molar-refractivity contribution is -0.172. The van der Waals surface area contributed by atoms with Gasteiger partial charge in [0.15, 0.2) is 0 Å². The number of Topliss-reactive ketones (excluding diaryl/α,β-unsaturated/α-hetero) is 1. The molecule has 0 aromatic rings. The van der Waals surface area contributed by atoms with Gasteiger partial charge in [-0.1, -0.05) is 13.8 Å². The average Bonchev–Trinajstić information content (AvgIpc) is 2.61. The number of carbonyl (C=O) groups is 1. The molecule has 0 amide bonds. The summed E-state index contributed by atoms with van der Waals surface area (Å²) in [7, 11) is 0. The van der Waals surface area contributed by atoms with Crippen LogP contribution in [0.5, 0.6) is 0 Å². The number of likely N-dealkylation sites (tertiary alicyclic amines) is 1. The van der Waals surface area contributed by atoms with Crippen molar-refractivity contribution < 1.29 is 18.0 Å². The molecule has 0 radical (unpaired) electrons. The Kier molecular flexibility index (Phi) is 4.98. The fraction of sp³-hybridized carbons (Fsp3) is 0.917. The van der Waals surface area contributed by atoms with Crippen molar-refractivity contribution in [1.29, 1.82) is 0 Å². The minimum atomic E-state index is -4.66. The highest BCUT2D eigenvalue weighted by Gasteiger charge is 2.40. The standard InChI is InChI=1S/C12H20F3NO/c1-9(2)3-5-16-6-4-10(8-16)7-11(17)12(13,14)15/h9-10H,3-8H2,1-2H3/t10-/m0/s1. The second kappa shape index (κ2) is 5.85. The third-order valence-corrected chi connectivity index (χ3v) is 3.18. The molecule has 1 aliphatic heterocycles. The predicted molar refractivity (Wildman–Crippen MR) is 59.7 cm³/mol. The number of halogens is 3. The van der Waals surface area contributed by atoms with Crippen LogP contribution < -0.4 is 0 Å². The van der Waals surface area contributed by atoms with Gasteiger partial charge in [0, 0.05) is 13.0 Å². The molecule has 1 saturated heterocycles. The quantitative estimate of drug-likeness (QED) is 0.749. The van der Waals surface area contributed by atoms with Crippen LogP contribution in [0.2, 0.25) is 0 Å². The van der Waals surface area contributed by atoms with Gasteiger partial charge in [0.1, 0.15) is 0 Å². The van der Waals surface area contributed by atoms with Crippen molar-refractivity contribution in [2.75, 3.05) is 19.6 Å². The highest BCUT2D eigenvalue weighted by molar-refractivity contribution is 5.84. The number of hydrogen-bond acceptors (Lipinski definition) is 2. The molecule has 0 aliphatic carbocycles. The van der Waals surface area contributed by atoms with Gasteiger partial charge in [-0.2, -0.15) is 13.2 Å². The van der Waals surface area contributed by atoms with Gasteiger partial charge in [-0.3, -0.25) is 4.79 Å². The summed E-state index contributed by atoms with van der Waals surface area (Å²) >= 11 is 0. The zero-order chi connectivity index (χ0) is 13.1. The van der Waals surface area contributed by atoms with E-state index in [0.29, 0.717) is 18.9 Å². The first-order valence-electron chi connectivity index (χ1n) is 6.11. The highest BCUT2D eigenvalue weighted by Crippen LogP contribution is 2.26. The molecule has 1 atom stereocenters. The smallest absolute Gasteiger partial charge is 0.303 e. The van der Waals surface area contributed by atoms with Crippen molar-refractivity contribution in [3.05, 3.63) is 0 Å². The molecular formula is C12H20F3NO. The van der Waals surface area contributed by atoms with Gasteiger partial charge in [-0.15, -0.1) is 0 Å². The summed E-state index contributed by atoms with van der Waals surface area (Å²) in [4.78, 5) is 13.0. The van der Waals surface area contributed by atoms with Gasteiger partial charge in [0.2, 0.25) is 5.78 Å². The van der Waals surface area contributed by atoms with Crippen molar-refractivity contribution in [3.63, 3.8) is 0 Å². The fourth-order valence-electron chi connectivity index (χ4n) is 2.10. The van der Waals surface area contributed by atoms with Crippen molar-refractivity contribution in [3.8, 4) is 0 Å². The topological polar surface area (TPSA) is 20.3 Å². The van der Waals surface area contributed by atoms with E-state index in [1.165, 1.54) is 0 Å². The summed E-state index contributed by atoms with van der Waals surface area (Å²) in [5.74, 6) is -1.09. The van der Waals surface area contributed by atoms with E-state index in [1.807, 2.05) is 0 Å². The molecule has 1 rings (SSSR count). The molecule has 1 aliphatic rings. The monoisotopic (exact) mass is 251 g/mol. The molecular weight excluding hydrogens is 231 g/mol. The normalized spacial score (nSPS) is 22.4. The summed E-state index contributed by atoms with van der Waals surface area (Å²) in [6.07, 6.45) is -3.24. The van der Waals surface area contributed by atoms with Crippen molar-refractivity contribution in [1.82, 2.24) is 4.90 Å². The first-order chi connectivity index (χ1) is 7.79. The molecule has 100 valence electrons. The maximum absolute atomic E-state index is 12.1. The summed E-state index contributed by atoms with van der Waals surface area (Å²) in [6.45, 7) is 6.63. The van der Waals surface area contributed by atoms with E-state index < -0.39 is 12.0 Å². The number of alkyl halides is 3. The molecule has 0 aromatic carbocycles. The van der Waals surface area contributed by atoms with Crippen LogP contribution in [0.3, 0.4) is 0 Å². The number of ketones is 1. The Morgan fingerprint density at radius 3 is 2.59 bits per heavy atom. The molecule has 0 spiro atoms. The van der Waals surface area contributed by atoms with Crippen LogP contribution in [0.4, 0.5) is 13.2 Å². The molecule has 1 heterocycles. The van der Waals surface area contributed by atoms with E-state index in [1.54, 1.807) is 0 Å². The van der Waals surface area contributed by atoms with Gasteiger partial charge >= 0.3 is 6.18 Å². The fourth-order valence-corrected chi connectivity index (χ4v) is 2.10. The average molecular weight is 251 g/mol. The Morgan fingerprint density at radius 1 is 1.41 bits per heavy atom. The first kappa shape index (κ1) is 14.5. The Bertz CT molecular complexity index is 263. The number of nitrogens with zero attached hydrogens (tertiary/aromatic N) is 1. The molecule has 0 N–H and O–H groups in total. The van der Waals surface area contributed by atoms with Gasteiger partial charge in [-0.05, 0) is 37.8 Å². The van der Waals surface area contributed by atoms with E-state index in [0.717, 1.165) is 19.5 Å². The van der Waals surface area contributed by atoms with Crippen molar-refractivity contribution in [2.45, 2.75) is 39.3 Å². The van der Waals surface area contributed by atoms with Crippen LogP contribution in [0, 0.1) is 11.8 Å². The first-order valence-corrected chi connectivity index (χ1v) is 6.11. The lowest BCUT2D eigenvalue weighted by atomic mass is 10.0. The van der Waals surface area contributed by atoms with Gasteiger partial charge in [-0.25, -0.2) is 0 Å². The molecule has 0 bridgehead atoms. The number of carbonyl (C=O) groups excluding carboxylic acids is 1. The zero-order valence-corrected chi connectivity index (χ0v) is 10.4. The predicted octanol–water partition coefficient (Wildman–Crippen LogP) is 2.88. The third kappa shape index (κ3) is 5.06. The molecule has 17 heavy (non-hydrogen) atoms. The summed E-state index contributed by atoms with van der Waals surface area (Å²) in [5, 5.41) is 0. The maximum atomic E-state index is 12.1. The Hall–Kier alpha value is -0.580. The van der Waals surface area contributed by atoms with Crippen molar-refractivity contribution >= 4 is 5.78 Å². The molecule has 1 fully saturated rings. The van der Waals surface area contributed by atoms with Crippen molar-refractivity contribution in [2.24, 2.45) is 11.8 Å². The van der Waals surface area contributed by atoms with Crippen LogP contribution in [0.1, 0.15) is 33.1 Å². The van der Waals surface area contributed by atoms with Crippen LogP contribution in [-0.4, -0.2) is 36.5 Å². The minimum Gasteiger partial charge on any atom is -0.303 e. The Morgan fingerprint density at radius 2 is 2.06 bits per heavy atom. The zero-order valence-electron chi connectivity index (χ0n) is 10.4. The molecule has 2 nitrogen and oxygen atoms in total. The second-order valence-corrected chi connectivity index (χ2v) is 5.26. The van der Waals surface area contributed by atoms with Gasteiger partial charge in [0.05, 0.1) is 0 Å². The highest BCUT2D eigenvalue weighted by atomic mass is 19.4. The SMILES string of the molecule is CC(C)CCN1CC[C@@H](CC(=O)C(F)(F)F)C1. The van der Waals surface area contributed by atoms with E-state index in [4.69, 9.17) is 0 Å². The van der Waals surface area contributed by atoms with Crippen LogP contribution in [0.15, 0.2) is 0 Å². The lowest BCUT2D eigenvalue weighted by Gasteiger charge is -2.17. The maximum Gasteiger partial charge on any atom is 0.449 e. The van der Waals surface area contributed by atoms with Gasteiger partial charge in [0.25, 0.3) is 0 Å². The summed E-state index contributed by atoms with van der Waals surface area (Å²) in [6, 6.07) is 0. The van der Waals surface area contributed by atoms with E-state index in [2.05, 4.69) is 18.7 Å². The van der Waals surface area contributed by atoms with Crippen LogP contribution in [-0.2, 0) is 4.79 Å². The molecule has 0 saturated carbocycles. The lowest BCUT2D eigenvalue weighted by Crippen LogP contribution is -2.27. The molecule has 5 heteroatoms. The molecule has 0 unspecified atom stereocenters. The third-order valence-electron chi connectivity index (χ3n) is 3.18. The number of hydrogen-bond donors (Lipinski definition) is 0. The Balaban J connectivity index is 2.29. The van der Waals surface area contributed by atoms with Crippen LogP contribution in [0.25, 0.3) is 0 Å². The largest absolute Gasteiger partial charge is 0.449 e. The van der Waals surface area contributed by atoms with E-state index in [-0.39, 0.29) is 12.3 Å². The van der Waals surface area contributed by atoms with Crippen LogP contribution >= 0.6 is 0 Å². The second-order valence-electron chi connectivity index (χ2n) is 5.26. The Labute approximate surface area is 100 Å². The summed E-state index contributed by atoms with van der Waals surface area (Å²) in [5.41, 5.74) is 0. The minimum absolute atomic E-state index is 0.115.